The quantitative estimate of drug-likeness (QED) is 0.827. The van der Waals surface area contributed by atoms with Gasteiger partial charge in [0.15, 0.2) is 11.5 Å². The molecule has 4 heteroatoms. The van der Waals surface area contributed by atoms with Gasteiger partial charge in [-0.3, -0.25) is 0 Å². The minimum atomic E-state index is -0.603. The number of ether oxygens (including phenoxy) is 2. The maximum absolute atomic E-state index is 10.2. The molecule has 0 spiro atoms. The Hall–Kier alpha value is -1.26. The van der Waals surface area contributed by atoms with Gasteiger partial charge in [0.05, 0.1) is 5.60 Å². The van der Waals surface area contributed by atoms with Crippen LogP contribution in [0.1, 0.15) is 32.3 Å². The molecule has 0 saturated carbocycles. The standard InChI is InChI=1S/C15H23NO3/c1-3-15(17,4-2)11-16-10-12-5-6-13-14(9-12)19-8-7-18-13/h5-6,9,16-17H,3-4,7-8,10-11H2,1-2H3. The summed E-state index contributed by atoms with van der Waals surface area (Å²) in [4.78, 5) is 0. The van der Waals surface area contributed by atoms with Crippen molar-refractivity contribution in [3.8, 4) is 11.5 Å². The molecule has 106 valence electrons. The molecule has 0 fully saturated rings. The molecule has 1 aromatic rings. The molecule has 0 bridgehead atoms. The molecule has 0 atom stereocenters. The molecule has 1 aromatic carbocycles. The molecule has 0 aromatic heterocycles. The Bertz CT molecular complexity index is 416. The molecule has 1 heterocycles. The lowest BCUT2D eigenvalue weighted by atomic mass is 9.97. The van der Waals surface area contributed by atoms with Crippen molar-refractivity contribution in [3.05, 3.63) is 23.8 Å². The summed E-state index contributed by atoms with van der Waals surface area (Å²) >= 11 is 0. The van der Waals surface area contributed by atoms with Gasteiger partial charge in [0.25, 0.3) is 0 Å². The first kappa shape index (κ1) is 14.2. The molecule has 1 aliphatic heterocycles. The van der Waals surface area contributed by atoms with E-state index in [1.807, 2.05) is 32.0 Å². The van der Waals surface area contributed by atoms with Crippen molar-refractivity contribution in [1.29, 1.82) is 0 Å². The van der Waals surface area contributed by atoms with Crippen LogP contribution in [0.3, 0.4) is 0 Å². The van der Waals surface area contributed by atoms with Crippen LogP contribution in [0.4, 0.5) is 0 Å². The van der Waals surface area contributed by atoms with Gasteiger partial charge in [-0.25, -0.2) is 0 Å². The van der Waals surface area contributed by atoms with Crippen molar-refractivity contribution in [3.63, 3.8) is 0 Å². The fourth-order valence-electron chi connectivity index (χ4n) is 2.14. The summed E-state index contributed by atoms with van der Waals surface area (Å²) in [5.41, 5.74) is 0.534. The van der Waals surface area contributed by atoms with E-state index in [2.05, 4.69) is 5.32 Å². The Labute approximate surface area is 114 Å². The lowest BCUT2D eigenvalue weighted by molar-refractivity contribution is 0.0323. The predicted octanol–water partition coefficient (Wildman–Crippen LogP) is 2.10. The number of hydrogen-bond acceptors (Lipinski definition) is 4. The van der Waals surface area contributed by atoms with Crippen LogP contribution in [-0.4, -0.2) is 30.5 Å². The van der Waals surface area contributed by atoms with Crippen LogP contribution < -0.4 is 14.8 Å². The van der Waals surface area contributed by atoms with Crippen molar-refractivity contribution in [2.24, 2.45) is 0 Å². The van der Waals surface area contributed by atoms with Crippen molar-refractivity contribution in [2.45, 2.75) is 38.8 Å². The van der Waals surface area contributed by atoms with Gasteiger partial charge in [0.1, 0.15) is 13.2 Å². The van der Waals surface area contributed by atoms with Crippen LogP contribution in [0.2, 0.25) is 0 Å². The van der Waals surface area contributed by atoms with Crippen LogP contribution >= 0.6 is 0 Å². The topological polar surface area (TPSA) is 50.7 Å². The minimum absolute atomic E-state index is 0.603. The SMILES string of the molecule is CCC(O)(CC)CNCc1ccc2c(c1)OCCO2. The van der Waals surface area contributed by atoms with Gasteiger partial charge in [-0.1, -0.05) is 19.9 Å². The van der Waals surface area contributed by atoms with E-state index in [4.69, 9.17) is 9.47 Å². The summed E-state index contributed by atoms with van der Waals surface area (Å²) in [5.74, 6) is 1.63. The average molecular weight is 265 g/mol. The first-order valence-corrected chi connectivity index (χ1v) is 6.98. The number of hydrogen-bond donors (Lipinski definition) is 2. The van der Waals surface area contributed by atoms with Gasteiger partial charge >= 0.3 is 0 Å². The molecule has 0 radical (unpaired) electrons. The number of aliphatic hydroxyl groups is 1. The molecular formula is C15H23NO3. The predicted molar refractivity (Wildman–Crippen MR) is 74.7 cm³/mol. The minimum Gasteiger partial charge on any atom is -0.486 e. The van der Waals surface area contributed by atoms with E-state index < -0.39 is 5.60 Å². The van der Waals surface area contributed by atoms with Crippen LogP contribution in [0.5, 0.6) is 11.5 Å². The zero-order valence-corrected chi connectivity index (χ0v) is 11.7. The van der Waals surface area contributed by atoms with Crippen LogP contribution in [0.15, 0.2) is 18.2 Å². The Kier molecular flexibility index (Phi) is 4.66. The summed E-state index contributed by atoms with van der Waals surface area (Å²) < 4.78 is 11.0. The van der Waals surface area contributed by atoms with E-state index in [-0.39, 0.29) is 0 Å². The largest absolute Gasteiger partial charge is 0.486 e. The first-order valence-electron chi connectivity index (χ1n) is 6.98. The highest BCUT2D eigenvalue weighted by Crippen LogP contribution is 2.30. The number of nitrogens with one attached hydrogen (secondary N) is 1. The van der Waals surface area contributed by atoms with E-state index in [9.17, 15) is 5.11 Å². The average Bonchev–Trinajstić information content (AvgIpc) is 2.47. The molecular weight excluding hydrogens is 242 g/mol. The summed E-state index contributed by atoms with van der Waals surface area (Å²) in [6.07, 6.45) is 1.52. The van der Waals surface area contributed by atoms with Crippen LogP contribution in [0, 0.1) is 0 Å². The van der Waals surface area contributed by atoms with E-state index in [1.54, 1.807) is 0 Å². The molecule has 0 saturated heterocycles. The third kappa shape index (κ3) is 3.61. The highest BCUT2D eigenvalue weighted by atomic mass is 16.6. The van der Waals surface area contributed by atoms with E-state index in [1.165, 1.54) is 0 Å². The summed E-state index contributed by atoms with van der Waals surface area (Å²) in [6, 6.07) is 5.97. The van der Waals surface area contributed by atoms with Gasteiger partial charge in [-0.2, -0.15) is 0 Å². The number of benzene rings is 1. The molecule has 0 amide bonds. The van der Waals surface area contributed by atoms with Gasteiger partial charge in [-0.15, -0.1) is 0 Å². The Morgan fingerprint density at radius 3 is 2.53 bits per heavy atom. The summed E-state index contributed by atoms with van der Waals surface area (Å²) in [6.45, 7) is 6.57. The van der Waals surface area contributed by atoms with Gasteiger partial charge in [0, 0.05) is 13.1 Å². The molecule has 2 rings (SSSR count). The number of fused-ring (bicyclic) bond motifs is 1. The van der Waals surface area contributed by atoms with Gasteiger partial charge in [0.2, 0.25) is 0 Å². The van der Waals surface area contributed by atoms with Crippen LogP contribution in [-0.2, 0) is 6.54 Å². The van der Waals surface area contributed by atoms with Crippen molar-refractivity contribution in [2.75, 3.05) is 19.8 Å². The second kappa shape index (κ2) is 6.26. The zero-order valence-electron chi connectivity index (χ0n) is 11.7. The van der Waals surface area contributed by atoms with Crippen molar-refractivity contribution in [1.82, 2.24) is 5.32 Å². The normalized spacial score (nSPS) is 14.5. The number of rotatable bonds is 6. The Balaban J connectivity index is 1.90. The van der Waals surface area contributed by atoms with E-state index in [0.717, 1.165) is 36.4 Å². The van der Waals surface area contributed by atoms with E-state index >= 15 is 0 Å². The molecule has 2 N–H and O–H groups in total. The first-order chi connectivity index (χ1) is 9.17. The fourth-order valence-corrected chi connectivity index (χ4v) is 2.14. The molecule has 0 aliphatic carbocycles. The molecule has 19 heavy (non-hydrogen) atoms. The fraction of sp³-hybridized carbons (Fsp3) is 0.600. The van der Waals surface area contributed by atoms with Crippen molar-refractivity contribution >= 4 is 0 Å². The monoisotopic (exact) mass is 265 g/mol. The molecule has 0 unspecified atom stereocenters. The lowest BCUT2D eigenvalue weighted by Gasteiger charge is -2.25. The highest BCUT2D eigenvalue weighted by Gasteiger charge is 2.21. The Morgan fingerprint density at radius 1 is 1.16 bits per heavy atom. The second-order valence-corrected chi connectivity index (χ2v) is 5.01. The van der Waals surface area contributed by atoms with Gasteiger partial charge in [-0.05, 0) is 30.5 Å². The smallest absolute Gasteiger partial charge is 0.161 e. The molecule has 1 aliphatic rings. The van der Waals surface area contributed by atoms with Crippen molar-refractivity contribution < 1.29 is 14.6 Å². The third-order valence-electron chi connectivity index (χ3n) is 3.71. The van der Waals surface area contributed by atoms with Gasteiger partial charge < -0.3 is 19.9 Å². The second-order valence-electron chi connectivity index (χ2n) is 5.01. The highest BCUT2D eigenvalue weighted by molar-refractivity contribution is 5.43. The Morgan fingerprint density at radius 2 is 1.84 bits per heavy atom. The maximum Gasteiger partial charge on any atom is 0.161 e. The summed E-state index contributed by atoms with van der Waals surface area (Å²) in [5, 5.41) is 13.5. The summed E-state index contributed by atoms with van der Waals surface area (Å²) in [7, 11) is 0. The molecule has 4 nitrogen and oxygen atoms in total. The maximum atomic E-state index is 10.2. The third-order valence-corrected chi connectivity index (χ3v) is 3.71. The van der Waals surface area contributed by atoms with E-state index in [0.29, 0.717) is 19.8 Å². The lowest BCUT2D eigenvalue weighted by Crippen LogP contribution is -2.39. The van der Waals surface area contributed by atoms with Crippen LogP contribution in [0.25, 0.3) is 0 Å². The zero-order chi connectivity index (χ0) is 13.7.